The van der Waals surface area contributed by atoms with Crippen molar-refractivity contribution in [2.75, 3.05) is 26.7 Å². The van der Waals surface area contributed by atoms with Gasteiger partial charge in [-0.3, -0.25) is 9.36 Å². The van der Waals surface area contributed by atoms with Gasteiger partial charge in [-0.05, 0) is 68.5 Å². The molecule has 7 heteroatoms. The highest BCUT2D eigenvalue weighted by Crippen LogP contribution is 2.49. The van der Waals surface area contributed by atoms with E-state index in [-0.39, 0.29) is 23.0 Å². The van der Waals surface area contributed by atoms with Gasteiger partial charge in [0.25, 0.3) is 5.56 Å². The van der Waals surface area contributed by atoms with E-state index in [1.165, 1.54) is 18.4 Å². The normalized spacial score (nSPS) is 24.1. The highest BCUT2D eigenvalue weighted by atomic mass is 16.2. The zero-order valence-electron chi connectivity index (χ0n) is 24.5. The maximum absolute atomic E-state index is 14.2. The number of likely N-dealkylation sites (tertiary alicyclic amines) is 2. The summed E-state index contributed by atoms with van der Waals surface area (Å²) in [6, 6.07) is 20.9. The van der Waals surface area contributed by atoms with E-state index in [2.05, 4.69) is 39.4 Å². The molecule has 2 aliphatic heterocycles. The van der Waals surface area contributed by atoms with Gasteiger partial charge in [-0.1, -0.05) is 67.4 Å². The number of nitrogens with zero attached hydrogens (tertiary/aromatic N) is 4. The van der Waals surface area contributed by atoms with Crippen molar-refractivity contribution in [1.82, 2.24) is 24.7 Å². The summed E-state index contributed by atoms with van der Waals surface area (Å²) in [5.74, 6) is 0.359. The summed E-state index contributed by atoms with van der Waals surface area (Å²) in [5.41, 5.74) is 4.13. The van der Waals surface area contributed by atoms with Crippen molar-refractivity contribution in [1.29, 1.82) is 0 Å². The number of carbonyl (C=O) groups is 1. The second kappa shape index (κ2) is 11.8. The van der Waals surface area contributed by atoms with Gasteiger partial charge in [0.15, 0.2) is 0 Å². The highest BCUT2D eigenvalue weighted by molar-refractivity contribution is 5.75. The molecule has 2 saturated heterocycles. The van der Waals surface area contributed by atoms with Crippen LogP contribution in [0, 0.1) is 18.3 Å². The van der Waals surface area contributed by atoms with Crippen LogP contribution in [0.4, 0.5) is 4.79 Å². The zero-order chi connectivity index (χ0) is 28.4. The Labute approximate surface area is 243 Å². The van der Waals surface area contributed by atoms with Crippen molar-refractivity contribution >= 4 is 6.03 Å². The lowest BCUT2D eigenvalue weighted by molar-refractivity contribution is 0.0208. The summed E-state index contributed by atoms with van der Waals surface area (Å²) in [6.07, 6.45) is 9.19. The average Bonchev–Trinajstić information content (AvgIpc) is 3.47. The van der Waals surface area contributed by atoms with Crippen molar-refractivity contribution in [3.63, 3.8) is 0 Å². The molecule has 216 valence electrons. The molecular weight excluding hydrogens is 510 g/mol. The Morgan fingerprint density at radius 1 is 1.02 bits per heavy atom. The van der Waals surface area contributed by atoms with Gasteiger partial charge in [0.1, 0.15) is 0 Å². The standard InChI is InChI=1S/C34H43N5O2/c1-25-10-6-7-13-29(25)30-21-32(40)38(24-36-30)22-27-14-18-37(23-34(27)16-8-9-17-34)33(41)39-19-15-28(35-2)20-31(39)26-11-4-3-5-12-26/h3-7,10-13,21,24,27-28,31,35H,8-9,14-20,22-23H2,1-2H3/t27-,28+,31-/m0/s1. The number of hydrogen-bond donors (Lipinski definition) is 1. The smallest absolute Gasteiger partial charge is 0.320 e. The van der Waals surface area contributed by atoms with Crippen LogP contribution in [0.1, 0.15) is 62.1 Å². The van der Waals surface area contributed by atoms with Gasteiger partial charge in [-0.25, -0.2) is 9.78 Å². The number of rotatable bonds is 5. The summed E-state index contributed by atoms with van der Waals surface area (Å²) in [7, 11) is 2.02. The number of carbonyl (C=O) groups excluding carboxylic acids is 1. The SMILES string of the molecule is CN[C@@H]1CCN(C(=O)N2CC[C@@H](Cn3cnc(-c4ccccc4C)cc3=O)C3(CCCC3)C2)[C@H](c2ccccc2)C1. The van der Waals surface area contributed by atoms with Crippen LogP contribution >= 0.6 is 0 Å². The van der Waals surface area contributed by atoms with Crippen LogP contribution in [-0.2, 0) is 6.54 Å². The minimum absolute atomic E-state index is 0.00279. The molecular formula is C34H43N5O2. The molecule has 1 spiro atoms. The number of nitrogens with one attached hydrogen (secondary N) is 1. The Morgan fingerprint density at radius 2 is 1.78 bits per heavy atom. The molecule has 0 radical (unpaired) electrons. The molecule has 7 nitrogen and oxygen atoms in total. The number of aryl methyl sites for hydroxylation is 1. The third-order valence-electron chi connectivity index (χ3n) is 10.1. The van der Waals surface area contributed by atoms with Crippen LogP contribution in [0.3, 0.4) is 0 Å². The second-order valence-electron chi connectivity index (χ2n) is 12.5. The predicted molar refractivity (Wildman–Crippen MR) is 163 cm³/mol. The van der Waals surface area contributed by atoms with E-state index in [1.807, 2.05) is 44.3 Å². The lowest BCUT2D eigenvalue weighted by atomic mass is 9.69. The molecule has 1 saturated carbocycles. The largest absolute Gasteiger partial charge is 0.324 e. The fourth-order valence-corrected chi connectivity index (χ4v) is 7.74. The topological polar surface area (TPSA) is 70.5 Å². The Kier molecular flexibility index (Phi) is 7.98. The Morgan fingerprint density at radius 3 is 2.51 bits per heavy atom. The molecule has 3 fully saturated rings. The van der Waals surface area contributed by atoms with Gasteiger partial charge >= 0.3 is 6.03 Å². The lowest BCUT2D eigenvalue weighted by Gasteiger charge is -2.49. The van der Waals surface area contributed by atoms with Crippen LogP contribution in [0.25, 0.3) is 11.3 Å². The van der Waals surface area contributed by atoms with Gasteiger partial charge in [-0.15, -0.1) is 0 Å². The van der Waals surface area contributed by atoms with Crippen molar-refractivity contribution < 1.29 is 4.79 Å². The molecule has 1 N–H and O–H groups in total. The van der Waals surface area contributed by atoms with Crippen LogP contribution in [0.5, 0.6) is 0 Å². The second-order valence-corrected chi connectivity index (χ2v) is 12.5. The fraction of sp³-hybridized carbons (Fsp3) is 0.500. The van der Waals surface area contributed by atoms with Crippen molar-refractivity contribution in [3.8, 4) is 11.3 Å². The molecule has 41 heavy (non-hydrogen) atoms. The number of hydrogen-bond acceptors (Lipinski definition) is 4. The first kappa shape index (κ1) is 27.7. The summed E-state index contributed by atoms with van der Waals surface area (Å²) in [4.78, 5) is 36.4. The van der Waals surface area contributed by atoms with Crippen molar-refractivity contribution in [2.24, 2.45) is 11.3 Å². The molecule has 3 aromatic rings. The Hall–Kier alpha value is -3.45. The maximum atomic E-state index is 14.2. The van der Waals surface area contributed by atoms with Crippen LogP contribution in [0.15, 0.2) is 71.8 Å². The monoisotopic (exact) mass is 553 g/mol. The van der Waals surface area contributed by atoms with Gasteiger partial charge in [-0.2, -0.15) is 0 Å². The Balaban J connectivity index is 1.20. The van der Waals surface area contributed by atoms with E-state index in [1.54, 1.807) is 17.0 Å². The van der Waals surface area contributed by atoms with E-state index >= 15 is 0 Å². The van der Waals surface area contributed by atoms with Crippen molar-refractivity contribution in [3.05, 3.63) is 88.5 Å². The first-order valence-corrected chi connectivity index (χ1v) is 15.4. The van der Waals surface area contributed by atoms with Crippen LogP contribution in [-0.4, -0.2) is 58.1 Å². The predicted octanol–water partition coefficient (Wildman–Crippen LogP) is 5.65. The lowest BCUT2D eigenvalue weighted by Crippen LogP contribution is -2.56. The summed E-state index contributed by atoms with van der Waals surface area (Å²) < 4.78 is 1.80. The van der Waals surface area contributed by atoms with Gasteiger partial charge in [0, 0.05) is 43.9 Å². The molecule has 2 amide bonds. The summed E-state index contributed by atoms with van der Waals surface area (Å²) >= 11 is 0. The molecule has 3 aliphatic rings. The number of amides is 2. The molecule has 3 atom stereocenters. The molecule has 6 rings (SSSR count). The van der Waals surface area contributed by atoms with E-state index < -0.39 is 0 Å². The van der Waals surface area contributed by atoms with E-state index in [0.717, 1.165) is 68.6 Å². The van der Waals surface area contributed by atoms with E-state index in [4.69, 9.17) is 4.98 Å². The van der Waals surface area contributed by atoms with Crippen LogP contribution < -0.4 is 10.9 Å². The van der Waals surface area contributed by atoms with Gasteiger partial charge in [0.05, 0.1) is 18.1 Å². The summed E-state index contributed by atoms with van der Waals surface area (Å²) in [5, 5.41) is 3.45. The van der Waals surface area contributed by atoms with Crippen molar-refractivity contribution in [2.45, 2.75) is 70.5 Å². The number of piperidine rings is 2. The zero-order valence-corrected chi connectivity index (χ0v) is 24.5. The van der Waals surface area contributed by atoms with E-state index in [0.29, 0.717) is 18.5 Å². The molecule has 2 aromatic carbocycles. The van der Waals surface area contributed by atoms with Gasteiger partial charge in [0.2, 0.25) is 0 Å². The molecule has 1 aliphatic carbocycles. The molecule has 3 heterocycles. The molecule has 0 unspecified atom stereocenters. The Bertz CT molecular complexity index is 1410. The minimum Gasteiger partial charge on any atom is -0.324 e. The highest BCUT2D eigenvalue weighted by Gasteiger charge is 2.47. The summed E-state index contributed by atoms with van der Waals surface area (Å²) in [6.45, 7) is 5.01. The van der Waals surface area contributed by atoms with Gasteiger partial charge < -0.3 is 15.1 Å². The fourth-order valence-electron chi connectivity index (χ4n) is 7.74. The average molecular weight is 554 g/mol. The van der Waals surface area contributed by atoms with Crippen LogP contribution in [0.2, 0.25) is 0 Å². The molecule has 0 bridgehead atoms. The van der Waals surface area contributed by atoms with E-state index in [9.17, 15) is 9.59 Å². The number of benzene rings is 2. The third kappa shape index (κ3) is 5.56. The number of urea groups is 1. The minimum atomic E-state index is 0.00279. The first-order chi connectivity index (χ1) is 20.0. The first-order valence-electron chi connectivity index (χ1n) is 15.4. The molecule has 1 aromatic heterocycles. The quantitative estimate of drug-likeness (QED) is 0.444. The third-order valence-corrected chi connectivity index (χ3v) is 10.1. The number of aromatic nitrogens is 2. The maximum Gasteiger partial charge on any atom is 0.320 e.